The third kappa shape index (κ3) is 3.98. The van der Waals surface area contributed by atoms with Crippen molar-refractivity contribution in [1.29, 1.82) is 0 Å². The zero-order valence-corrected chi connectivity index (χ0v) is 10.7. The molecule has 0 fully saturated rings. The summed E-state index contributed by atoms with van der Waals surface area (Å²) in [6.45, 7) is 0.969. The van der Waals surface area contributed by atoms with E-state index >= 15 is 0 Å². The molecule has 0 spiro atoms. The van der Waals surface area contributed by atoms with Crippen molar-refractivity contribution < 1.29 is 9.13 Å². The molecule has 4 heteroatoms. The summed E-state index contributed by atoms with van der Waals surface area (Å²) in [6, 6.07) is 5.30. The molecule has 2 N–H and O–H groups in total. The predicted octanol–water partition coefficient (Wildman–Crippen LogP) is 2.09. The molecular formula is C13H21FN2O. The van der Waals surface area contributed by atoms with Crippen molar-refractivity contribution in [3.8, 4) is 5.75 Å². The lowest BCUT2D eigenvalue weighted by molar-refractivity contribution is 0.385. The van der Waals surface area contributed by atoms with Crippen molar-refractivity contribution in [1.82, 2.24) is 10.6 Å². The number of benzene rings is 1. The number of nitrogens with one attached hydrogen (secondary N) is 2. The first-order chi connectivity index (χ1) is 8.22. The molecule has 1 unspecified atom stereocenters. The molecule has 1 atom stereocenters. The first kappa shape index (κ1) is 13.9. The molecule has 0 aliphatic carbocycles. The minimum absolute atomic E-state index is 0.184. The minimum atomic E-state index is -0.307. The van der Waals surface area contributed by atoms with Gasteiger partial charge in [-0.25, -0.2) is 4.39 Å². The summed E-state index contributed by atoms with van der Waals surface area (Å²) in [5.41, 5.74) is 0.960. The Bertz CT molecular complexity index is 344. The average Bonchev–Trinajstić information content (AvgIpc) is 2.35. The number of methoxy groups -OCH3 is 1. The summed E-state index contributed by atoms with van der Waals surface area (Å²) >= 11 is 0. The van der Waals surface area contributed by atoms with E-state index in [-0.39, 0.29) is 11.9 Å². The minimum Gasteiger partial charge on any atom is -0.494 e. The van der Waals surface area contributed by atoms with Crippen LogP contribution < -0.4 is 15.4 Å². The lowest BCUT2D eigenvalue weighted by Gasteiger charge is -2.17. The maximum absolute atomic E-state index is 13.6. The SMILES string of the molecule is CNCCCC(NC)c1ccc(OC)c(F)c1. The van der Waals surface area contributed by atoms with E-state index in [1.807, 2.05) is 20.2 Å². The normalized spacial score (nSPS) is 12.5. The lowest BCUT2D eigenvalue weighted by atomic mass is 10.0. The molecule has 0 amide bonds. The van der Waals surface area contributed by atoms with Crippen LogP contribution in [0.15, 0.2) is 18.2 Å². The van der Waals surface area contributed by atoms with Crippen molar-refractivity contribution in [3.05, 3.63) is 29.6 Å². The van der Waals surface area contributed by atoms with E-state index in [1.54, 1.807) is 12.1 Å². The molecule has 0 heterocycles. The quantitative estimate of drug-likeness (QED) is 0.716. The van der Waals surface area contributed by atoms with E-state index in [0.717, 1.165) is 24.9 Å². The van der Waals surface area contributed by atoms with Crippen LogP contribution in [-0.2, 0) is 0 Å². The fraction of sp³-hybridized carbons (Fsp3) is 0.538. The molecule has 0 radical (unpaired) electrons. The fourth-order valence-corrected chi connectivity index (χ4v) is 1.86. The Balaban J connectivity index is 2.71. The first-order valence-electron chi connectivity index (χ1n) is 5.88. The number of hydrogen-bond donors (Lipinski definition) is 2. The number of halogens is 1. The van der Waals surface area contributed by atoms with E-state index in [9.17, 15) is 4.39 Å². The second-order valence-electron chi connectivity index (χ2n) is 3.98. The maximum atomic E-state index is 13.6. The summed E-state index contributed by atoms with van der Waals surface area (Å²) in [5.74, 6) is -0.0160. The molecule has 3 nitrogen and oxygen atoms in total. The highest BCUT2D eigenvalue weighted by molar-refractivity contribution is 5.31. The first-order valence-corrected chi connectivity index (χ1v) is 5.88. The van der Waals surface area contributed by atoms with Crippen molar-refractivity contribution in [3.63, 3.8) is 0 Å². The topological polar surface area (TPSA) is 33.3 Å². The second kappa shape index (κ2) is 7.25. The third-order valence-electron chi connectivity index (χ3n) is 2.85. The van der Waals surface area contributed by atoms with Gasteiger partial charge in [0.15, 0.2) is 11.6 Å². The third-order valence-corrected chi connectivity index (χ3v) is 2.85. The van der Waals surface area contributed by atoms with Crippen LogP contribution >= 0.6 is 0 Å². The van der Waals surface area contributed by atoms with Crippen LogP contribution in [0.5, 0.6) is 5.75 Å². The molecule has 0 aromatic heterocycles. The van der Waals surface area contributed by atoms with E-state index in [2.05, 4.69) is 10.6 Å². The van der Waals surface area contributed by atoms with Crippen molar-refractivity contribution in [2.45, 2.75) is 18.9 Å². The summed E-state index contributed by atoms with van der Waals surface area (Å²) in [5, 5.41) is 6.31. The van der Waals surface area contributed by atoms with E-state index in [0.29, 0.717) is 5.75 Å². The largest absolute Gasteiger partial charge is 0.494 e. The standard InChI is InChI=1S/C13H21FN2O/c1-15-8-4-5-12(16-2)10-6-7-13(17-3)11(14)9-10/h6-7,9,12,15-16H,4-5,8H2,1-3H3. The van der Waals surface area contributed by atoms with Gasteiger partial charge in [0.05, 0.1) is 7.11 Å². The molecule has 0 saturated carbocycles. The molecular weight excluding hydrogens is 219 g/mol. The number of hydrogen-bond acceptors (Lipinski definition) is 3. The maximum Gasteiger partial charge on any atom is 0.165 e. The number of rotatable bonds is 7. The van der Waals surface area contributed by atoms with E-state index in [1.165, 1.54) is 7.11 Å². The molecule has 96 valence electrons. The Labute approximate surface area is 102 Å². The van der Waals surface area contributed by atoms with Gasteiger partial charge in [-0.05, 0) is 51.2 Å². The molecule has 0 aliphatic heterocycles. The van der Waals surface area contributed by atoms with Gasteiger partial charge < -0.3 is 15.4 Å². The van der Waals surface area contributed by atoms with Gasteiger partial charge in [-0.15, -0.1) is 0 Å². The Morgan fingerprint density at radius 1 is 1.35 bits per heavy atom. The van der Waals surface area contributed by atoms with Crippen molar-refractivity contribution in [2.75, 3.05) is 27.7 Å². The molecule has 0 aliphatic rings. The Kier molecular flexibility index (Phi) is 5.94. The monoisotopic (exact) mass is 240 g/mol. The smallest absolute Gasteiger partial charge is 0.165 e. The Hall–Kier alpha value is -1.13. The van der Waals surface area contributed by atoms with Gasteiger partial charge >= 0.3 is 0 Å². The van der Waals surface area contributed by atoms with Gasteiger partial charge in [0.25, 0.3) is 0 Å². The van der Waals surface area contributed by atoms with E-state index < -0.39 is 0 Å². The van der Waals surface area contributed by atoms with Crippen LogP contribution in [0.3, 0.4) is 0 Å². The summed E-state index contributed by atoms with van der Waals surface area (Å²) in [4.78, 5) is 0. The Morgan fingerprint density at radius 2 is 2.12 bits per heavy atom. The summed E-state index contributed by atoms with van der Waals surface area (Å²) in [6.07, 6.45) is 2.03. The van der Waals surface area contributed by atoms with Crippen LogP contribution in [0.4, 0.5) is 4.39 Å². The highest BCUT2D eigenvalue weighted by Gasteiger charge is 2.11. The highest BCUT2D eigenvalue weighted by Crippen LogP contribution is 2.24. The summed E-state index contributed by atoms with van der Waals surface area (Å²) in [7, 11) is 5.30. The van der Waals surface area contributed by atoms with Crippen molar-refractivity contribution in [2.24, 2.45) is 0 Å². The van der Waals surface area contributed by atoms with Crippen molar-refractivity contribution >= 4 is 0 Å². The van der Waals surface area contributed by atoms with Crippen LogP contribution in [-0.4, -0.2) is 27.7 Å². The second-order valence-corrected chi connectivity index (χ2v) is 3.98. The van der Waals surface area contributed by atoms with Crippen LogP contribution in [0, 0.1) is 5.82 Å². The predicted molar refractivity (Wildman–Crippen MR) is 67.9 cm³/mol. The highest BCUT2D eigenvalue weighted by atomic mass is 19.1. The van der Waals surface area contributed by atoms with Gasteiger partial charge in [0, 0.05) is 6.04 Å². The molecule has 1 rings (SSSR count). The van der Waals surface area contributed by atoms with E-state index in [4.69, 9.17) is 4.74 Å². The molecule has 17 heavy (non-hydrogen) atoms. The van der Waals surface area contributed by atoms with Gasteiger partial charge in [0.2, 0.25) is 0 Å². The summed E-state index contributed by atoms with van der Waals surface area (Å²) < 4.78 is 18.5. The number of ether oxygens (including phenoxy) is 1. The molecule has 0 bridgehead atoms. The van der Waals surface area contributed by atoms with Gasteiger partial charge in [0.1, 0.15) is 0 Å². The Morgan fingerprint density at radius 3 is 2.65 bits per heavy atom. The lowest BCUT2D eigenvalue weighted by Crippen LogP contribution is -2.18. The molecule has 1 aromatic rings. The molecule has 1 aromatic carbocycles. The van der Waals surface area contributed by atoms with Gasteiger partial charge in [-0.2, -0.15) is 0 Å². The molecule has 0 saturated heterocycles. The zero-order chi connectivity index (χ0) is 12.7. The fourth-order valence-electron chi connectivity index (χ4n) is 1.86. The van der Waals surface area contributed by atoms with Crippen LogP contribution in [0.2, 0.25) is 0 Å². The van der Waals surface area contributed by atoms with Gasteiger partial charge in [-0.1, -0.05) is 6.07 Å². The van der Waals surface area contributed by atoms with Crippen LogP contribution in [0.25, 0.3) is 0 Å². The van der Waals surface area contributed by atoms with Gasteiger partial charge in [-0.3, -0.25) is 0 Å². The van der Waals surface area contributed by atoms with Crippen LogP contribution in [0.1, 0.15) is 24.4 Å². The zero-order valence-electron chi connectivity index (χ0n) is 10.7. The average molecular weight is 240 g/mol.